The summed E-state index contributed by atoms with van der Waals surface area (Å²) in [4.78, 5) is -0.155. The number of ether oxygens (including phenoxy) is 3. The molecular weight excluding hydrogens is 339 g/mol. The average molecular weight is 355 g/mol. The molecule has 0 aliphatic rings. The molecule has 2 aromatic carbocycles. The molecule has 5 heteroatoms. The van der Waals surface area contributed by atoms with E-state index in [-0.39, 0.29) is 16.4 Å². The van der Waals surface area contributed by atoms with Crippen molar-refractivity contribution >= 4 is 15.9 Å². The fourth-order valence-electron chi connectivity index (χ4n) is 2.04. The molecule has 0 saturated heterocycles. The van der Waals surface area contributed by atoms with Gasteiger partial charge in [-0.15, -0.1) is 0 Å². The smallest absolute Gasteiger partial charge is 0.165 e. The largest absolute Gasteiger partial charge is 0.494 e. The molecule has 0 fully saturated rings. The van der Waals surface area contributed by atoms with E-state index < -0.39 is 0 Å². The molecule has 0 spiro atoms. The lowest BCUT2D eigenvalue weighted by Crippen LogP contribution is -1.97. The molecule has 21 heavy (non-hydrogen) atoms. The normalized spacial score (nSPS) is 11.9. The summed E-state index contributed by atoms with van der Waals surface area (Å²) in [7, 11) is 4.61. The Balaban J connectivity index is 2.35. The lowest BCUT2D eigenvalue weighted by atomic mass is 10.0. The summed E-state index contributed by atoms with van der Waals surface area (Å²) in [6.45, 7) is 0. The van der Waals surface area contributed by atoms with Crippen molar-refractivity contribution < 1.29 is 18.6 Å². The van der Waals surface area contributed by atoms with E-state index in [1.165, 1.54) is 13.2 Å². The highest BCUT2D eigenvalue weighted by atomic mass is 79.9. The molecule has 0 bridgehead atoms. The van der Waals surface area contributed by atoms with Crippen LogP contribution in [-0.4, -0.2) is 21.3 Å². The predicted molar refractivity (Wildman–Crippen MR) is 83.3 cm³/mol. The summed E-state index contributed by atoms with van der Waals surface area (Å²) in [6.07, 6.45) is 0. The first-order chi connectivity index (χ1) is 10.1. The van der Waals surface area contributed by atoms with Gasteiger partial charge in [-0.05, 0) is 35.4 Å². The number of rotatable bonds is 5. The topological polar surface area (TPSA) is 27.7 Å². The number of halogens is 2. The molecule has 3 nitrogen and oxygen atoms in total. The van der Waals surface area contributed by atoms with Gasteiger partial charge in [0.2, 0.25) is 0 Å². The van der Waals surface area contributed by atoms with E-state index in [0.29, 0.717) is 11.5 Å². The summed E-state index contributed by atoms with van der Waals surface area (Å²) < 4.78 is 29.2. The summed E-state index contributed by atoms with van der Waals surface area (Å²) in [5.41, 5.74) is 1.73. The van der Waals surface area contributed by atoms with Crippen molar-refractivity contribution in [3.63, 3.8) is 0 Å². The zero-order valence-electron chi connectivity index (χ0n) is 12.0. The van der Waals surface area contributed by atoms with Crippen molar-refractivity contribution in [1.82, 2.24) is 0 Å². The second kappa shape index (κ2) is 6.80. The number of hydrogen-bond acceptors (Lipinski definition) is 3. The van der Waals surface area contributed by atoms with Crippen LogP contribution in [0.3, 0.4) is 0 Å². The highest BCUT2D eigenvalue weighted by Crippen LogP contribution is 2.37. The molecule has 0 saturated carbocycles. The van der Waals surface area contributed by atoms with E-state index in [2.05, 4.69) is 15.9 Å². The summed E-state index contributed by atoms with van der Waals surface area (Å²) in [5.74, 6) is 1.13. The third-order valence-corrected chi connectivity index (χ3v) is 4.23. The standard InChI is InChI=1S/C16H16BrFO3/c1-19-13-6-4-10(8-12(13)18)16(17)11-5-7-14(20-2)15(9-11)21-3/h4-9,16H,1-3H3. The minimum Gasteiger partial charge on any atom is -0.494 e. The molecule has 0 N–H and O–H groups in total. The molecule has 2 rings (SSSR count). The van der Waals surface area contributed by atoms with E-state index in [1.807, 2.05) is 24.3 Å². The van der Waals surface area contributed by atoms with Crippen LogP contribution in [0.5, 0.6) is 17.2 Å². The SMILES string of the molecule is COc1ccc(C(Br)c2ccc(OC)c(OC)c2)cc1F. The maximum absolute atomic E-state index is 13.8. The van der Waals surface area contributed by atoms with Crippen molar-refractivity contribution in [2.45, 2.75) is 4.83 Å². The summed E-state index contributed by atoms with van der Waals surface area (Å²) in [6, 6.07) is 10.5. The zero-order chi connectivity index (χ0) is 15.4. The summed E-state index contributed by atoms with van der Waals surface area (Å²) >= 11 is 3.58. The van der Waals surface area contributed by atoms with Crippen LogP contribution in [0.4, 0.5) is 4.39 Å². The van der Waals surface area contributed by atoms with Crippen LogP contribution in [0, 0.1) is 5.82 Å². The van der Waals surface area contributed by atoms with Gasteiger partial charge in [-0.2, -0.15) is 0 Å². The van der Waals surface area contributed by atoms with Crippen LogP contribution in [-0.2, 0) is 0 Å². The molecular formula is C16H16BrFO3. The Morgan fingerprint density at radius 2 is 1.33 bits per heavy atom. The average Bonchev–Trinajstić information content (AvgIpc) is 2.53. The fraction of sp³-hybridized carbons (Fsp3) is 0.250. The number of methoxy groups -OCH3 is 3. The number of benzene rings is 2. The molecule has 112 valence electrons. The monoisotopic (exact) mass is 354 g/mol. The molecule has 0 heterocycles. The Bertz CT molecular complexity index is 631. The number of alkyl halides is 1. The van der Waals surface area contributed by atoms with Crippen LogP contribution < -0.4 is 14.2 Å². The van der Waals surface area contributed by atoms with Crippen LogP contribution >= 0.6 is 15.9 Å². The van der Waals surface area contributed by atoms with Crippen molar-refractivity contribution in [1.29, 1.82) is 0 Å². The maximum atomic E-state index is 13.8. The third-order valence-electron chi connectivity index (χ3n) is 3.17. The highest BCUT2D eigenvalue weighted by Gasteiger charge is 2.15. The Morgan fingerprint density at radius 1 is 0.810 bits per heavy atom. The van der Waals surface area contributed by atoms with E-state index in [9.17, 15) is 4.39 Å². The fourth-order valence-corrected chi connectivity index (χ4v) is 2.61. The summed E-state index contributed by atoms with van der Waals surface area (Å²) in [5, 5.41) is 0. The molecule has 1 atom stereocenters. The Labute approximate surface area is 131 Å². The van der Waals surface area contributed by atoms with Crippen LogP contribution in [0.25, 0.3) is 0 Å². The van der Waals surface area contributed by atoms with Gasteiger partial charge in [-0.3, -0.25) is 0 Å². The quantitative estimate of drug-likeness (QED) is 0.747. The molecule has 1 unspecified atom stereocenters. The molecule has 0 aliphatic heterocycles. The molecule has 0 aromatic heterocycles. The zero-order valence-corrected chi connectivity index (χ0v) is 13.6. The second-order valence-corrected chi connectivity index (χ2v) is 5.29. The van der Waals surface area contributed by atoms with E-state index >= 15 is 0 Å². The van der Waals surface area contributed by atoms with Gasteiger partial charge in [0.25, 0.3) is 0 Å². The molecule has 0 radical (unpaired) electrons. The molecule has 0 amide bonds. The van der Waals surface area contributed by atoms with Crippen LogP contribution in [0.2, 0.25) is 0 Å². The lowest BCUT2D eigenvalue weighted by Gasteiger charge is -2.15. The van der Waals surface area contributed by atoms with Gasteiger partial charge >= 0.3 is 0 Å². The van der Waals surface area contributed by atoms with Crippen molar-refractivity contribution in [2.75, 3.05) is 21.3 Å². The van der Waals surface area contributed by atoms with Gasteiger partial charge in [0, 0.05) is 0 Å². The van der Waals surface area contributed by atoms with Crippen LogP contribution in [0.15, 0.2) is 36.4 Å². The Kier molecular flexibility index (Phi) is 5.07. The van der Waals surface area contributed by atoms with E-state index in [4.69, 9.17) is 14.2 Å². The van der Waals surface area contributed by atoms with Gasteiger partial charge in [0.05, 0.1) is 26.2 Å². The Hall–Kier alpha value is -1.75. The van der Waals surface area contributed by atoms with E-state index in [0.717, 1.165) is 11.1 Å². The van der Waals surface area contributed by atoms with Gasteiger partial charge < -0.3 is 14.2 Å². The van der Waals surface area contributed by atoms with E-state index in [1.54, 1.807) is 20.3 Å². The number of hydrogen-bond donors (Lipinski definition) is 0. The minimum absolute atomic E-state index is 0.155. The third kappa shape index (κ3) is 3.29. The van der Waals surface area contributed by atoms with Crippen LogP contribution in [0.1, 0.15) is 16.0 Å². The van der Waals surface area contributed by atoms with Gasteiger partial charge in [-0.25, -0.2) is 4.39 Å². The van der Waals surface area contributed by atoms with Gasteiger partial charge in [0.15, 0.2) is 23.1 Å². The minimum atomic E-state index is -0.389. The van der Waals surface area contributed by atoms with Crippen molar-refractivity contribution in [2.24, 2.45) is 0 Å². The van der Waals surface area contributed by atoms with Gasteiger partial charge in [-0.1, -0.05) is 28.1 Å². The van der Waals surface area contributed by atoms with Crippen molar-refractivity contribution in [3.8, 4) is 17.2 Å². The molecule has 0 aliphatic carbocycles. The first-order valence-corrected chi connectivity index (χ1v) is 7.21. The lowest BCUT2D eigenvalue weighted by molar-refractivity contribution is 0.354. The Morgan fingerprint density at radius 3 is 1.86 bits per heavy atom. The maximum Gasteiger partial charge on any atom is 0.165 e. The first kappa shape index (κ1) is 15.6. The molecule has 2 aromatic rings. The highest BCUT2D eigenvalue weighted by molar-refractivity contribution is 9.09. The predicted octanol–water partition coefficient (Wildman–Crippen LogP) is 4.34. The first-order valence-electron chi connectivity index (χ1n) is 6.30. The van der Waals surface area contributed by atoms with Gasteiger partial charge in [0.1, 0.15) is 0 Å². The van der Waals surface area contributed by atoms with Crippen molar-refractivity contribution in [3.05, 3.63) is 53.3 Å². The second-order valence-electron chi connectivity index (χ2n) is 4.37.